The fourth-order valence-electron chi connectivity index (χ4n) is 1.60. The van der Waals surface area contributed by atoms with Gasteiger partial charge in [-0.05, 0) is 29.8 Å². The molecule has 1 nitrogen and oxygen atoms in total. The summed E-state index contributed by atoms with van der Waals surface area (Å²) in [6.07, 6.45) is 0. The van der Waals surface area contributed by atoms with Gasteiger partial charge in [-0.1, -0.05) is 44.2 Å². The maximum atomic E-state index is 2.24. The van der Waals surface area contributed by atoms with Crippen LogP contribution in [0.15, 0.2) is 42.5 Å². The molecule has 2 rings (SSSR count). The molecule has 0 saturated heterocycles. The summed E-state index contributed by atoms with van der Waals surface area (Å²) in [6.45, 7) is 7.20. The second kappa shape index (κ2) is 6.16. The van der Waals surface area contributed by atoms with E-state index in [0.29, 0.717) is 0 Å². The molecule has 0 bridgehead atoms. The first-order chi connectivity index (χ1) is 7.81. The highest BCUT2D eigenvalue weighted by molar-refractivity contribution is 5.85. The van der Waals surface area contributed by atoms with Crippen LogP contribution in [0.3, 0.4) is 0 Å². The Kier molecular flexibility index (Phi) is 4.84. The van der Waals surface area contributed by atoms with Gasteiger partial charge in [0, 0.05) is 19.3 Å². The molecular formula is C15H21N. The van der Waals surface area contributed by atoms with E-state index in [2.05, 4.69) is 61.3 Å². The molecule has 0 fully saturated rings. The van der Waals surface area contributed by atoms with Crippen molar-refractivity contribution < 1.29 is 0 Å². The Hall–Kier alpha value is -1.50. The van der Waals surface area contributed by atoms with Crippen LogP contribution >= 0.6 is 0 Å². The smallest absolute Gasteiger partial charge is 0.0369 e. The van der Waals surface area contributed by atoms with Gasteiger partial charge in [-0.15, -0.1) is 0 Å². The molecule has 2 aromatic rings. The topological polar surface area (TPSA) is 3.24 Å². The SMILES string of the molecule is CC.CCN(C)c1ccc2ccccc2c1. The third-order valence-electron chi connectivity index (χ3n) is 2.65. The van der Waals surface area contributed by atoms with Crippen LogP contribution in [0, 0.1) is 0 Å². The lowest BCUT2D eigenvalue weighted by atomic mass is 10.1. The summed E-state index contributed by atoms with van der Waals surface area (Å²) in [5.41, 5.74) is 1.28. The lowest BCUT2D eigenvalue weighted by Gasteiger charge is -2.17. The monoisotopic (exact) mass is 215 g/mol. The molecule has 16 heavy (non-hydrogen) atoms. The Morgan fingerprint density at radius 3 is 2.19 bits per heavy atom. The minimum absolute atomic E-state index is 1.04. The van der Waals surface area contributed by atoms with Crippen molar-refractivity contribution in [3.63, 3.8) is 0 Å². The molecular weight excluding hydrogens is 194 g/mol. The molecule has 0 aliphatic carbocycles. The van der Waals surface area contributed by atoms with Crippen molar-refractivity contribution in [2.75, 3.05) is 18.5 Å². The summed E-state index contributed by atoms with van der Waals surface area (Å²) in [4.78, 5) is 2.24. The maximum Gasteiger partial charge on any atom is 0.0369 e. The normalized spacial score (nSPS) is 9.50. The summed E-state index contributed by atoms with van der Waals surface area (Å²) in [6, 6.07) is 15.0. The summed E-state index contributed by atoms with van der Waals surface area (Å²) in [5, 5.41) is 2.62. The van der Waals surface area contributed by atoms with Gasteiger partial charge in [-0.2, -0.15) is 0 Å². The number of hydrogen-bond acceptors (Lipinski definition) is 1. The molecule has 0 saturated carbocycles. The van der Waals surface area contributed by atoms with Crippen LogP contribution < -0.4 is 4.90 Å². The van der Waals surface area contributed by atoms with E-state index in [9.17, 15) is 0 Å². The van der Waals surface area contributed by atoms with E-state index in [0.717, 1.165) is 6.54 Å². The van der Waals surface area contributed by atoms with Crippen LogP contribution in [0.4, 0.5) is 5.69 Å². The van der Waals surface area contributed by atoms with Crippen LogP contribution in [0.25, 0.3) is 10.8 Å². The van der Waals surface area contributed by atoms with Crippen LogP contribution in [0.2, 0.25) is 0 Å². The number of benzene rings is 2. The standard InChI is InChI=1S/C13H15N.C2H6/c1-3-14(2)13-9-8-11-6-4-5-7-12(11)10-13;1-2/h4-10H,3H2,1-2H3;1-2H3. The van der Waals surface area contributed by atoms with Gasteiger partial charge in [-0.25, -0.2) is 0 Å². The summed E-state index contributed by atoms with van der Waals surface area (Å²) in [5.74, 6) is 0. The van der Waals surface area contributed by atoms with Crippen molar-refractivity contribution in [3.8, 4) is 0 Å². The zero-order chi connectivity index (χ0) is 12.0. The van der Waals surface area contributed by atoms with Gasteiger partial charge in [0.1, 0.15) is 0 Å². The van der Waals surface area contributed by atoms with Crippen molar-refractivity contribution in [1.82, 2.24) is 0 Å². The molecule has 1 heteroatoms. The fraction of sp³-hybridized carbons (Fsp3) is 0.333. The summed E-state index contributed by atoms with van der Waals surface area (Å²) in [7, 11) is 2.12. The Balaban J connectivity index is 0.000000606. The molecule has 0 aromatic heterocycles. The second-order valence-electron chi connectivity index (χ2n) is 3.55. The number of hydrogen-bond donors (Lipinski definition) is 0. The Morgan fingerprint density at radius 1 is 0.938 bits per heavy atom. The van der Waals surface area contributed by atoms with E-state index in [1.54, 1.807) is 0 Å². The quantitative estimate of drug-likeness (QED) is 0.721. The third-order valence-corrected chi connectivity index (χ3v) is 2.65. The molecule has 0 spiro atoms. The summed E-state index contributed by atoms with van der Waals surface area (Å²) < 4.78 is 0. The van der Waals surface area contributed by atoms with Crippen LogP contribution in [-0.2, 0) is 0 Å². The zero-order valence-electron chi connectivity index (χ0n) is 10.7. The molecule has 0 aliphatic rings. The predicted octanol–water partition coefficient (Wildman–Crippen LogP) is 4.32. The lowest BCUT2D eigenvalue weighted by Crippen LogP contribution is -2.15. The average molecular weight is 215 g/mol. The highest BCUT2D eigenvalue weighted by atomic mass is 15.1. The van der Waals surface area contributed by atoms with Gasteiger partial charge in [-0.3, -0.25) is 0 Å². The van der Waals surface area contributed by atoms with Gasteiger partial charge in [0.15, 0.2) is 0 Å². The second-order valence-corrected chi connectivity index (χ2v) is 3.55. The highest BCUT2D eigenvalue weighted by Crippen LogP contribution is 2.20. The number of nitrogens with zero attached hydrogens (tertiary/aromatic N) is 1. The Morgan fingerprint density at radius 2 is 1.56 bits per heavy atom. The molecule has 0 heterocycles. The Bertz CT molecular complexity index is 434. The average Bonchev–Trinajstić information content (AvgIpc) is 2.39. The van der Waals surface area contributed by atoms with Crippen LogP contribution in [-0.4, -0.2) is 13.6 Å². The van der Waals surface area contributed by atoms with Gasteiger partial charge in [0.05, 0.1) is 0 Å². The molecule has 0 amide bonds. The van der Waals surface area contributed by atoms with Crippen molar-refractivity contribution in [3.05, 3.63) is 42.5 Å². The van der Waals surface area contributed by atoms with Crippen molar-refractivity contribution in [2.45, 2.75) is 20.8 Å². The predicted molar refractivity (Wildman–Crippen MR) is 74.2 cm³/mol. The van der Waals surface area contributed by atoms with Gasteiger partial charge in [0.25, 0.3) is 0 Å². The molecule has 0 atom stereocenters. The molecule has 0 radical (unpaired) electrons. The van der Waals surface area contributed by atoms with E-state index >= 15 is 0 Å². The zero-order valence-corrected chi connectivity index (χ0v) is 10.7. The largest absolute Gasteiger partial charge is 0.375 e. The first-order valence-electron chi connectivity index (χ1n) is 6.01. The molecule has 0 aliphatic heterocycles. The van der Waals surface area contributed by atoms with Crippen LogP contribution in [0.1, 0.15) is 20.8 Å². The molecule has 2 aromatic carbocycles. The van der Waals surface area contributed by atoms with Crippen molar-refractivity contribution >= 4 is 16.5 Å². The summed E-state index contributed by atoms with van der Waals surface area (Å²) >= 11 is 0. The number of rotatable bonds is 2. The van der Waals surface area contributed by atoms with E-state index in [1.165, 1.54) is 16.5 Å². The number of anilines is 1. The minimum atomic E-state index is 1.04. The van der Waals surface area contributed by atoms with Crippen LogP contribution in [0.5, 0.6) is 0 Å². The van der Waals surface area contributed by atoms with Gasteiger partial charge in [0.2, 0.25) is 0 Å². The van der Waals surface area contributed by atoms with E-state index < -0.39 is 0 Å². The molecule has 0 unspecified atom stereocenters. The van der Waals surface area contributed by atoms with Crippen molar-refractivity contribution in [1.29, 1.82) is 0 Å². The van der Waals surface area contributed by atoms with E-state index in [4.69, 9.17) is 0 Å². The van der Waals surface area contributed by atoms with Crippen molar-refractivity contribution in [2.24, 2.45) is 0 Å². The molecule has 0 N–H and O–H groups in total. The first-order valence-corrected chi connectivity index (χ1v) is 6.01. The van der Waals surface area contributed by atoms with E-state index in [-0.39, 0.29) is 0 Å². The first kappa shape index (κ1) is 12.6. The van der Waals surface area contributed by atoms with Gasteiger partial charge < -0.3 is 4.90 Å². The minimum Gasteiger partial charge on any atom is -0.375 e. The number of fused-ring (bicyclic) bond motifs is 1. The lowest BCUT2D eigenvalue weighted by molar-refractivity contribution is 0.970. The molecule has 86 valence electrons. The van der Waals surface area contributed by atoms with Gasteiger partial charge >= 0.3 is 0 Å². The Labute approximate surface area is 98.7 Å². The van der Waals surface area contributed by atoms with E-state index in [1.807, 2.05) is 13.8 Å². The third kappa shape index (κ3) is 2.75. The maximum absolute atomic E-state index is 2.24. The fourth-order valence-corrected chi connectivity index (χ4v) is 1.60. The highest BCUT2D eigenvalue weighted by Gasteiger charge is 1.98.